The van der Waals surface area contributed by atoms with Crippen molar-refractivity contribution in [2.24, 2.45) is 0 Å². The molecule has 1 unspecified atom stereocenters. The maximum atomic E-state index is 12.3. The van der Waals surface area contributed by atoms with Crippen molar-refractivity contribution in [2.75, 3.05) is 0 Å². The van der Waals surface area contributed by atoms with Gasteiger partial charge in [-0.15, -0.1) is 0 Å². The van der Waals surface area contributed by atoms with Crippen LogP contribution < -0.4 is 29.6 Å². The second kappa shape index (κ2) is 24.9. The molecule has 0 bridgehead atoms. The molecule has 0 fully saturated rings. The zero-order valence-electron chi connectivity index (χ0n) is 22.6. The molecule has 0 N–H and O–H groups in total. The third-order valence-electron chi connectivity index (χ3n) is 6.46. The van der Waals surface area contributed by atoms with Crippen LogP contribution in [0.25, 0.3) is 0 Å². The molecule has 0 saturated carbocycles. The van der Waals surface area contributed by atoms with Crippen LogP contribution in [0.5, 0.6) is 0 Å². The Kier molecular flexibility index (Phi) is 26.7. The topological polar surface area (TPSA) is 91.3 Å². The monoisotopic (exact) mass is 510 g/mol. The van der Waals surface area contributed by atoms with E-state index in [9.17, 15) is 22.6 Å². The van der Waals surface area contributed by atoms with Crippen molar-refractivity contribution in [3.05, 3.63) is 0 Å². The summed E-state index contributed by atoms with van der Waals surface area (Å²) < 4.78 is 34.7. The molecule has 1 atom stereocenters. The van der Waals surface area contributed by atoms with E-state index < -0.39 is 27.6 Å². The van der Waals surface area contributed by atoms with Gasteiger partial charge in [0, 0.05) is 19.3 Å². The van der Waals surface area contributed by atoms with Gasteiger partial charge in [0.2, 0.25) is 0 Å². The molecular formula is C27H51NaO5S. The van der Waals surface area contributed by atoms with Gasteiger partial charge in [0.15, 0.2) is 0 Å². The molecule has 5 nitrogen and oxygen atoms in total. The van der Waals surface area contributed by atoms with Crippen molar-refractivity contribution in [2.45, 2.75) is 160 Å². The number of hydrogen-bond acceptors (Lipinski definition) is 5. The minimum atomic E-state index is -4.79. The van der Waals surface area contributed by atoms with E-state index in [-0.39, 0.29) is 48.2 Å². The Morgan fingerprint density at radius 1 is 0.588 bits per heavy atom. The standard InChI is InChI=1S/C27H52O5S.Na/c1-3-5-7-9-11-13-15-16-18-20-22-25(28)24-27(33(30,31)32)26(29)23-21-19-17-14-12-10-8-6-4-2;/h27H,3-24H2,1-2H3,(H,30,31,32);/q;+1/p-1. The summed E-state index contributed by atoms with van der Waals surface area (Å²) in [6.07, 6.45) is 21.2. The Hall–Kier alpha value is 0.250. The molecule has 196 valence electrons. The van der Waals surface area contributed by atoms with Crippen LogP contribution in [0, 0.1) is 0 Å². The summed E-state index contributed by atoms with van der Waals surface area (Å²) >= 11 is 0. The summed E-state index contributed by atoms with van der Waals surface area (Å²) in [5, 5.41) is -1.69. The Balaban J connectivity index is 0. The molecule has 0 rings (SSSR count). The van der Waals surface area contributed by atoms with Crippen LogP contribution in [0.2, 0.25) is 0 Å². The molecule has 0 heterocycles. The molecule has 7 heteroatoms. The van der Waals surface area contributed by atoms with Crippen LogP contribution in [0.1, 0.15) is 155 Å². The van der Waals surface area contributed by atoms with Gasteiger partial charge in [0.1, 0.15) is 26.9 Å². The number of unbranched alkanes of at least 4 members (excludes halogenated alkanes) is 17. The Morgan fingerprint density at radius 3 is 1.26 bits per heavy atom. The third-order valence-corrected chi connectivity index (χ3v) is 7.58. The molecule has 0 aliphatic carbocycles. The number of carbonyl (C=O) groups is 2. The van der Waals surface area contributed by atoms with Crippen molar-refractivity contribution >= 4 is 21.7 Å². The molecule has 0 radical (unpaired) electrons. The fraction of sp³-hybridized carbons (Fsp3) is 0.926. The number of carbonyl (C=O) groups excluding carboxylic acids is 2. The zero-order chi connectivity index (χ0) is 24.8. The van der Waals surface area contributed by atoms with Crippen molar-refractivity contribution in [3.8, 4) is 0 Å². The van der Waals surface area contributed by atoms with E-state index in [0.717, 1.165) is 38.5 Å². The first-order valence-corrected chi connectivity index (χ1v) is 15.3. The maximum Gasteiger partial charge on any atom is 1.00 e. The molecule has 0 aliphatic rings. The molecule has 0 spiro atoms. The largest absolute Gasteiger partial charge is 1.00 e. The summed E-state index contributed by atoms with van der Waals surface area (Å²) in [4.78, 5) is 24.6. The van der Waals surface area contributed by atoms with Gasteiger partial charge in [0.05, 0.1) is 0 Å². The smallest absolute Gasteiger partial charge is 0.747 e. The van der Waals surface area contributed by atoms with Crippen molar-refractivity contribution in [1.29, 1.82) is 0 Å². The molecule has 0 aliphatic heterocycles. The first kappa shape index (κ1) is 36.4. The summed E-state index contributed by atoms with van der Waals surface area (Å²) in [6.45, 7) is 4.40. The zero-order valence-corrected chi connectivity index (χ0v) is 25.4. The molecule has 0 aromatic rings. The van der Waals surface area contributed by atoms with Gasteiger partial charge in [-0.25, -0.2) is 8.42 Å². The maximum absolute atomic E-state index is 12.3. The van der Waals surface area contributed by atoms with Crippen LogP contribution in [-0.4, -0.2) is 29.8 Å². The third kappa shape index (κ3) is 22.7. The molecule has 0 aromatic heterocycles. The van der Waals surface area contributed by atoms with Gasteiger partial charge >= 0.3 is 29.6 Å². The quantitative estimate of drug-likeness (QED) is 0.101. The van der Waals surface area contributed by atoms with Gasteiger partial charge in [0.25, 0.3) is 0 Å². The van der Waals surface area contributed by atoms with E-state index in [1.54, 1.807) is 0 Å². The minimum Gasteiger partial charge on any atom is -0.747 e. The summed E-state index contributed by atoms with van der Waals surface area (Å²) in [6, 6.07) is 0. The second-order valence-electron chi connectivity index (χ2n) is 9.70. The molecule has 0 saturated heterocycles. The van der Waals surface area contributed by atoms with Crippen molar-refractivity contribution in [3.63, 3.8) is 0 Å². The van der Waals surface area contributed by atoms with Crippen LogP contribution in [0.4, 0.5) is 0 Å². The molecule has 0 aromatic carbocycles. The van der Waals surface area contributed by atoms with Gasteiger partial charge in [-0.05, 0) is 12.8 Å². The average molecular weight is 511 g/mol. The summed E-state index contributed by atoms with van der Waals surface area (Å²) in [5.74, 6) is -0.858. The van der Waals surface area contributed by atoms with Gasteiger partial charge < -0.3 is 4.55 Å². The predicted octanol–water partition coefficient (Wildman–Crippen LogP) is 4.66. The van der Waals surface area contributed by atoms with Gasteiger partial charge in [-0.3, -0.25) is 9.59 Å². The van der Waals surface area contributed by atoms with Gasteiger partial charge in [-0.1, -0.05) is 123 Å². The predicted molar refractivity (Wildman–Crippen MR) is 136 cm³/mol. The number of ketones is 2. The fourth-order valence-electron chi connectivity index (χ4n) is 4.27. The SMILES string of the molecule is CCCCCCCCCCCCC(=O)CC(C(=O)CCCCCCCCCCC)S(=O)(=O)[O-].[Na+]. The Bertz CT molecular complexity index is 592. The molecular weight excluding hydrogens is 459 g/mol. The summed E-state index contributed by atoms with van der Waals surface area (Å²) in [7, 11) is -4.79. The first-order chi connectivity index (χ1) is 15.8. The second-order valence-corrected chi connectivity index (χ2v) is 11.3. The van der Waals surface area contributed by atoms with E-state index in [1.165, 1.54) is 70.6 Å². The number of rotatable bonds is 25. The van der Waals surface area contributed by atoms with E-state index in [4.69, 9.17) is 0 Å². The average Bonchev–Trinajstić information content (AvgIpc) is 2.76. The van der Waals surface area contributed by atoms with E-state index >= 15 is 0 Å². The van der Waals surface area contributed by atoms with Gasteiger partial charge in [-0.2, -0.15) is 0 Å². The van der Waals surface area contributed by atoms with Crippen LogP contribution >= 0.6 is 0 Å². The summed E-state index contributed by atoms with van der Waals surface area (Å²) in [5.41, 5.74) is 0. The fourth-order valence-corrected chi connectivity index (χ4v) is 5.10. The van der Waals surface area contributed by atoms with E-state index in [0.29, 0.717) is 12.8 Å². The normalized spacial score (nSPS) is 12.3. The molecule has 0 amide bonds. The van der Waals surface area contributed by atoms with E-state index in [2.05, 4.69) is 13.8 Å². The van der Waals surface area contributed by atoms with Crippen molar-refractivity contribution < 1.29 is 52.1 Å². The Labute approximate surface area is 233 Å². The minimum absolute atomic E-state index is 0. The first-order valence-electron chi connectivity index (χ1n) is 13.8. The van der Waals surface area contributed by atoms with Crippen LogP contribution in [0.3, 0.4) is 0 Å². The number of hydrogen-bond donors (Lipinski definition) is 0. The van der Waals surface area contributed by atoms with E-state index in [1.807, 2.05) is 0 Å². The van der Waals surface area contributed by atoms with Crippen LogP contribution in [0.15, 0.2) is 0 Å². The number of Topliss-reactive ketones (excluding diaryl/α,β-unsaturated/α-hetero) is 2. The molecule has 34 heavy (non-hydrogen) atoms. The Morgan fingerprint density at radius 2 is 0.912 bits per heavy atom. The van der Waals surface area contributed by atoms with Crippen LogP contribution in [-0.2, 0) is 19.7 Å². The van der Waals surface area contributed by atoms with Crippen molar-refractivity contribution in [1.82, 2.24) is 0 Å².